The van der Waals surface area contributed by atoms with E-state index in [1.807, 2.05) is 50.5 Å². The van der Waals surface area contributed by atoms with E-state index in [0.29, 0.717) is 35.4 Å². The van der Waals surface area contributed by atoms with Gasteiger partial charge in [0.1, 0.15) is 11.5 Å². The first-order valence-corrected chi connectivity index (χ1v) is 20.4. The van der Waals surface area contributed by atoms with Crippen molar-refractivity contribution >= 4 is 27.2 Å². The van der Waals surface area contributed by atoms with Gasteiger partial charge >= 0.3 is 12.4 Å². The van der Waals surface area contributed by atoms with Gasteiger partial charge in [-0.2, -0.15) is 26.3 Å². The van der Waals surface area contributed by atoms with E-state index in [-0.39, 0.29) is 16.5 Å². The number of alkyl halides is 6. The predicted octanol–water partition coefficient (Wildman–Crippen LogP) is 12.7. The second kappa shape index (κ2) is 14.2. The Morgan fingerprint density at radius 3 is 1.39 bits per heavy atom. The molecule has 0 saturated heterocycles. The molecule has 0 bridgehead atoms. The molecule has 12 heteroatoms. The van der Waals surface area contributed by atoms with Gasteiger partial charge in [0.15, 0.2) is 0 Å². The predicted molar refractivity (Wildman–Crippen MR) is 237 cm³/mol. The normalized spacial score (nSPS) is 13.7. The van der Waals surface area contributed by atoms with Gasteiger partial charge in [0.2, 0.25) is 17.2 Å². The highest BCUT2D eigenvalue weighted by atomic mass is 19.4. The number of benzene rings is 7. The summed E-state index contributed by atoms with van der Waals surface area (Å²) in [5.41, 5.74) is 2.60. The molecular weight excluding hydrogens is 831 g/mol. The highest BCUT2D eigenvalue weighted by Gasteiger charge is 2.72. The van der Waals surface area contributed by atoms with Crippen molar-refractivity contribution in [2.75, 3.05) is 19.0 Å². The summed E-state index contributed by atoms with van der Waals surface area (Å²) in [6.45, 7) is 7.70. The molecule has 1 heterocycles. The average molecular weight is 873 g/mol. The second-order valence-corrected chi connectivity index (χ2v) is 17.0. The van der Waals surface area contributed by atoms with Crippen LogP contribution in [0.25, 0.3) is 38.4 Å². The van der Waals surface area contributed by atoms with Crippen LogP contribution in [0.1, 0.15) is 55.6 Å². The molecule has 1 aliphatic carbocycles. The van der Waals surface area contributed by atoms with Crippen LogP contribution in [0.15, 0.2) is 121 Å². The van der Waals surface area contributed by atoms with Gasteiger partial charge in [-0.05, 0) is 125 Å². The van der Waals surface area contributed by atoms with Crippen molar-refractivity contribution in [3.05, 3.63) is 177 Å². The third kappa shape index (κ3) is 5.66. The topological polar surface area (TPSA) is 89.1 Å². The van der Waals surface area contributed by atoms with Crippen LogP contribution < -0.4 is 4.90 Å². The lowest BCUT2D eigenvalue weighted by molar-refractivity contribution is -0.288. The van der Waals surface area contributed by atoms with E-state index in [9.17, 15) is 20.4 Å². The highest BCUT2D eigenvalue weighted by Crippen LogP contribution is 2.60. The van der Waals surface area contributed by atoms with Crippen molar-refractivity contribution in [1.29, 1.82) is 0 Å². The molecule has 0 atom stereocenters. The van der Waals surface area contributed by atoms with Crippen LogP contribution in [-0.2, 0) is 10.8 Å². The van der Waals surface area contributed by atoms with Crippen LogP contribution in [0.2, 0.25) is 0 Å². The average Bonchev–Trinajstić information content (AvgIpc) is 3.65. The maximum atomic E-state index is 15.4. The number of hydrogen-bond donors (Lipinski definition) is 4. The van der Waals surface area contributed by atoms with Crippen molar-refractivity contribution < 1.29 is 46.8 Å². The number of aromatic nitrogens is 1. The molecule has 0 fully saturated rings. The minimum Gasteiger partial charge on any atom is -0.507 e. The van der Waals surface area contributed by atoms with Crippen LogP contribution >= 0.6 is 0 Å². The fourth-order valence-electron chi connectivity index (χ4n) is 10.7. The largest absolute Gasteiger partial charge is 0.507 e. The lowest BCUT2D eigenvalue weighted by atomic mass is 9.66. The first-order valence-electron chi connectivity index (χ1n) is 20.4. The minimum absolute atomic E-state index is 0.159. The Morgan fingerprint density at radius 1 is 0.484 bits per heavy atom. The van der Waals surface area contributed by atoms with E-state index < -0.39 is 68.3 Å². The molecule has 0 amide bonds. The Morgan fingerprint density at radius 2 is 0.906 bits per heavy atom. The summed E-state index contributed by atoms with van der Waals surface area (Å²) < 4.78 is 93.6. The number of aryl methyl sites for hydroxylation is 4. The minimum atomic E-state index is -6.01. The third-order valence-electron chi connectivity index (χ3n) is 13.1. The lowest BCUT2D eigenvalue weighted by Gasteiger charge is -2.38. The van der Waals surface area contributed by atoms with Gasteiger partial charge in [0.05, 0.1) is 11.1 Å². The third-order valence-corrected chi connectivity index (χ3v) is 13.1. The van der Waals surface area contributed by atoms with E-state index in [1.165, 1.54) is 0 Å². The Hall–Kier alpha value is -7.08. The van der Waals surface area contributed by atoms with Gasteiger partial charge in [-0.3, -0.25) is 0 Å². The smallest absolute Gasteiger partial charge is 0.411 e. The molecular formula is C52H42F6N2O4. The number of hydrogen-bond acceptors (Lipinski definition) is 5. The van der Waals surface area contributed by atoms with Crippen molar-refractivity contribution in [3.8, 4) is 40.1 Å². The highest BCUT2D eigenvalue weighted by molar-refractivity contribution is 5.96. The molecule has 8 aromatic rings. The van der Waals surface area contributed by atoms with E-state index in [2.05, 4.69) is 55.1 Å². The number of anilines is 1. The quantitative estimate of drug-likeness (QED) is 0.0987. The summed E-state index contributed by atoms with van der Waals surface area (Å²) in [7, 11) is 4.00. The van der Waals surface area contributed by atoms with Crippen molar-refractivity contribution in [2.24, 2.45) is 0 Å². The Balaban J connectivity index is 1.27. The molecule has 64 heavy (non-hydrogen) atoms. The molecule has 9 rings (SSSR count). The Labute approximate surface area is 364 Å². The van der Waals surface area contributed by atoms with Crippen molar-refractivity contribution in [1.82, 2.24) is 4.57 Å². The standard InChI is InChI=1S/C52H42F6N2O4/c1-27-21-33(22-28(2)45(27)59(5)6)49(41-13-9-7-11-35(41)36-12-8-10-14-42(36)49)34-23-29(3)46(30(4)24-34)60-47(63)38-18-16-32(26-40(38)48(60)64)50(51(53,54)55,52(56,57)58)31-15-17-37-39(25-31)44(62)20-19-43(37)61/h7-26,61-64H,1-6H3. The molecule has 6 nitrogen and oxygen atoms in total. The SMILES string of the molecule is Cc1cc(C2(c3cc(C)c(-n4c(O)c5ccc(C(c6ccc7c(O)ccc(O)c7c6)(C(F)(F)F)C(F)(F)F)cc5c4O)c(C)c3)c3ccccc3-c3ccccc32)cc(C)c1N(C)C. The van der Waals surface area contributed by atoms with Gasteiger partial charge in [-0.25, -0.2) is 4.57 Å². The molecule has 0 saturated carbocycles. The number of aromatic hydroxyl groups is 4. The summed E-state index contributed by atoms with van der Waals surface area (Å²) in [5, 5.41) is 43.2. The number of phenolic OH excluding ortho intramolecular Hbond substituents is 2. The molecule has 4 N–H and O–H groups in total. The first-order chi connectivity index (χ1) is 30.2. The van der Waals surface area contributed by atoms with Crippen LogP contribution in [0.3, 0.4) is 0 Å². The molecule has 7 aromatic carbocycles. The van der Waals surface area contributed by atoms with Gasteiger partial charge in [-0.1, -0.05) is 91.0 Å². The molecule has 1 aromatic heterocycles. The van der Waals surface area contributed by atoms with Crippen molar-refractivity contribution in [2.45, 2.75) is 50.9 Å². The van der Waals surface area contributed by atoms with E-state index >= 15 is 26.3 Å². The number of phenols is 2. The fraction of sp³-hybridized carbons (Fsp3) is 0.192. The number of nitrogens with zero attached hydrogens (tertiary/aromatic N) is 2. The maximum absolute atomic E-state index is 15.4. The van der Waals surface area contributed by atoms with Crippen LogP contribution in [-0.4, -0.2) is 51.4 Å². The van der Waals surface area contributed by atoms with Gasteiger partial charge < -0.3 is 25.3 Å². The number of fused-ring (bicyclic) bond motifs is 5. The number of halogens is 6. The summed E-state index contributed by atoms with van der Waals surface area (Å²) >= 11 is 0. The van der Waals surface area contributed by atoms with Gasteiger partial charge in [-0.15, -0.1) is 0 Å². The monoisotopic (exact) mass is 872 g/mol. The second-order valence-electron chi connectivity index (χ2n) is 17.0. The molecule has 0 aliphatic heterocycles. The summed E-state index contributed by atoms with van der Waals surface area (Å²) in [6, 6.07) is 30.9. The maximum Gasteiger partial charge on any atom is 0.411 e. The molecule has 0 spiro atoms. The lowest BCUT2D eigenvalue weighted by Crippen LogP contribution is -2.54. The molecule has 1 aliphatic rings. The van der Waals surface area contributed by atoms with E-state index in [0.717, 1.165) is 79.0 Å². The number of rotatable bonds is 6. The molecule has 0 unspecified atom stereocenters. The zero-order chi connectivity index (χ0) is 46.0. The van der Waals surface area contributed by atoms with Crippen LogP contribution in [0, 0.1) is 27.7 Å². The summed E-state index contributed by atoms with van der Waals surface area (Å²) in [6.07, 6.45) is -12.0. The molecule has 326 valence electrons. The summed E-state index contributed by atoms with van der Waals surface area (Å²) in [4.78, 5) is 2.08. The molecule has 0 radical (unpaired) electrons. The van der Waals surface area contributed by atoms with E-state index in [4.69, 9.17) is 0 Å². The summed E-state index contributed by atoms with van der Waals surface area (Å²) in [5.74, 6) is -2.46. The van der Waals surface area contributed by atoms with Crippen LogP contribution in [0.4, 0.5) is 32.0 Å². The zero-order valence-corrected chi connectivity index (χ0v) is 35.5. The Bertz CT molecular complexity index is 3130. The van der Waals surface area contributed by atoms with E-state index in [1.54, 1.807) is 13.8 Å². The van der Waals surface area contributed by atoms with Crippen molar-refractivity contribution in [3.63, 3.8) is 0 Å². The fourth-order valence-corrected chi connectivity index (χ4v) is 10.7. The van der Waals surface area contributed by atoms with Gasteiger partial charge in [0.25, 0.3) is 0 Å². The van der Waals surface area contributed by atoms with Gasteiger partial charge in [0, 0.05) is 41.3 Å². The van der Waals surface area contributed by atoms with Crippen LogP contribution in [0.5, 0.6) is 23.3 Å². The first kappa shape index (κ1) is 42.2. The zero-order valence-electron chi connectivity index (χ0n) is 35.5. The Kier molecular flexibility index (Phi) is 9.38.